The van der Waals surface area contributed by atoms with Crippen molar-refractivity contribution in [2.45, 2.75) is 0 Å². The normalized spacial score (nSPS) is 10.5. The highest BCUT2D eigenvalue weighted by molar-refractivity contribution is 9.10. The topological polar surface area (TPSA) is 43.1 Å². The van der Waals surface area contributed by atoms with Crippen LogP contribution in [0.4, 0.5) is 14.5 Å². The molecule has 0 aliphatic rings. The predicted molar refractivity (Wildman–Crippen MR) is 73.4 cm³/mol. The van der Waals surface area contributed by atoms with Gasteiger partial charge in [-0.15, -0.1) is 0 Å². The minimum absolute atomic E-state index is 0.0266. The Kier molecular flexibility index (Phi) is 3.87. The Morgan fingerprint density at radius 1 is 1.16 bits per heavy atom. The Balaban J connectivity index is 2.53. The first-order chi connectivity index (χ1) is 8.90. The number of nitrogens with two attached hydrogens (primary N) is 1. The molecule has 0 aromatic heterocycles. The maximum Gasteiger partial charge on any atom is 0.198 e. The molecule has 0 spiro atoms. The molecule has 98 valence electrons. The van der Waals surface area contributed by atoms with Crippen LogP contribution >= 0.6 is 27.5 Å². The second kappa shape index (κ2) is 5.27. The largest absolute Gasteiger partial charge is 0.398 e. The van der Waals surface area contributed by atoms with Gasteiger partial charge < -0.3 is 5.73 Å². The van der Waals surface area contributed by atoms with Crippen LogP contribution in [0.3, 0.4) is 0 Å². The quantitative estimate of drug-likeness (QED) is 0.503. The molecule has 0 aliphatic heterocycles. The number of benzene rings is 2. The van der Waals surface area contributed by atoms with Gasteiger partial charge in [0.1, 0.15) is 11.6 Å². The molecule has 2 aromatic rings. The van der Waals surface area contributed by atoms with Crippen LogP contribution in [0.5, 0.6) is 0 Å². The number of rotatable bonds is 2. The van der Waals surface area contributed by atoms with Gasteiger partial charge in [0, 0.05) is 15.7 Å². The van der Waals surface area contributed by atoms with Crippen molar-refractivity contribution in [1.29, 1.82) is 0 Å². The molecule has 0 saturated carbocycles. The second-order valence-corrected chi connectivity index (χ2v) is 5.07. The highest BCUT2D eigenvalue weighted by Gasteiger charge is 2.18. The van der Waals surface area contributed by atoms with E-state index in [1.165, 1.54) is 12.1 Å². The van der Waals surface area contributed by atoms with E-state index in [9.17, 15) is 13.6 Å². The van der Waals surface area contributed by atoms with Gasteiger partial charge in [0.05, 0.1) is 10.6 Å². The Bertz CT molecular complexity index is 676. The summed E-state index contributed by atoms with van der Waals surface area (Å²) in [6.07, 6.45) is 0. The number of carbonyl (C=O) groups excluding carboxylic acids is 1. The molecule has 2 nitrogen and oxygen atoms in total. The Labute approximate surface area is 121 Å². The molecule has 0 atom stereocenters. The fourth-order valence-electron chi connectivity index (χ4n) is 1.58. The predicted octanol–water partition coefficient (Wildman–Crippen LogP) is 4.19. The summed E-state index contributed by atoms with van der Waals surface area (Å²) >= 11 is 8.88. The molecule has 0 heterocycles. The van der Waals surface area contributed by atoms with Crippen molar-refractivity contribution >= 4 is 39.0 Å². The van der Waals surface area contributed by atoms with Gasteiger partial charge in [0.2, 0.25) is 0 Å². The van der Waals surface area contributed by atoms with Gasteiger partial charge in [-0.1, -0.05) is 11.6 Å². The monoisotopic (exact) mass is 345 g/mol. The average molecular weight is 347 g/mol. The zero-order chi connectivity index (χ0) is 14.2. The minimum atomic E-state index is -0.731. The van der Waals surface area contributed by atoms with E-state index in [2.05, 4.69) is 15.9 Å². The van der Waals surface area contributed by atoms with Crippen molar-refractivity contribution in [3.63, 3.8) is 0 Å². The van der Waals surface area contributed by atoms with Crippen LogP contribution in [0.15, 0.2) is 34.8 Å². The summed E-state index contributed by atoms with van der Waals surface area (Å²) in [6, 6.07) is 5.59. The molecule has 0 aliphatic carbocycles. The van der Waals surface area contributed by atoms with Crippen molar-refractivity contribution in [2.75, 3.05) is 5.73 Å². The van der Waals surface area contributed by atoms with Crippen LogP contribution in [0.1, 0.15) is 15.9 Å². The van der Waals surface area contributed by atoms with E-state index in [0.29, 0.717) is 4.47 Å². The molecule has 2 aromatic carbocycles. The molecule has 0 amide bonds. The maximum atomic E-state index is 13.8. The van der Waals surface area contributed by atoms with Gasteiger partial charge in [-0.05, 0) is 46.3 Å². The third-order valence-corrected chi connectivity index (χ3v) is 3.71. The molecule has 2 rings (SSSR count). The van der Waals surface area contributed by atoms with E-state index in [-0.39, 0.29) is 21.8 Å². The van der Waals surface area contributed by atoms with E-state index in [1.54, 1.807) is 0 Å². The van der Waals surface area contributed by atoms with Gasteiger partial charge in [-0.3, -0.25) is 4.79 Å². The summed E-state index contributed by atoms with van der Waals surface area (Å²) < 4.78 is 27.0. The zero-order valence-corrected chi connectivity index (χ0v) is 11.7. The summed E-state index contributed by atoms with van der Waals surface area (Å²) in [6.45, 7) is 0. The highest BCUT2D eigenvalue weighted by atomic mass is 79.9. The smallest absolute Gasteiger partial charge is 0.198 e. The lowest BCUT2D eigenvalue weighted by atomic mass is 10.0. The molecule has 19 heavy (non-hydrogen) atoms. The Morgan fingerprint density at radius 3 is 2.47 bits per heavy atom. The molecule has 2 N–H and O–H groups in total. The molecule has 0 radical (unpaired) electrons. The molecule has 0 unspecified atom stereocenters. The SMILES string of the molecule is Nc1cc(F)ccc1C(=O)c1cc(Cl)c(Br)cc1F. The fraction of sp³-hybridized carbons (Fsp3) is 0. The van der Waals surface area contributed by atoms with E-state index in [1.807, 2.05) is 0 Å². The van der Waals surface area contributed by atoms with Crippen LogP contribution in [0.2, 0.25) is 5.02 Å². The maximum absolute atomic E-state index is 13.8. The number of hydrogen-bond acceptors (Lipinski definition) is 2. The van der Waals surface area contributed by atoms with Crippen molar-refractivity contribution in [2.24, 2.45) is 0 Å². The standard InChI is InChI=1S/C13H7BrClF2NO/c14-9-5-11(17)8(4-10(9)15)13(19)7-2-1-6(16)3-12(7)18/h1-5H,18H2. The van der Waals surface area contributed by atoms with E-state index >= 15 is 0 Å². The van der Waals surface area contributed by atoms with Crippen molar-refractivity contribution in [1.82, 2.24) is 0 Å². The van der Waals surface area contributed by atoms with Gasteiger partial charge >= 0.3 is 0 Å². The molecule has 6 heteroatoms. The van der Waals surface area contributed by atoms with Gasteiger partial charge in [-0.2, -0.15) is 0 Å². The van der Waals surface area contributed by atoms with Crippen LogP contribution in [0, 0.1) is 11.6 Å². The first-order valence-electron chi connectivity index (χ1n) is 5.14. The third-order valence-electron chi connectivity index (χ3n) is 2.51. The molecule has 0 bridgehead atoms. The number of carbonyl (C=O) groups is 1. The van der Waals surface area contributed by atoms with Crippen molar-refractivity contribution < 1.29 is 13.6 Å². The van der Waals surface area contributed by atoms with Gasteiger partial charge in [0.25, 0.3) is 0 Å². The van der Waals surface area contributed by atoms with Crippen LogP contribution in [-0.4, -0.2) is 5.78 Å². The molecule has 0 saturated heterocycles. The summed E-state index contributed by atoms with van der Waals surface area (Å²) in [5.41, 5.74) is 5.31. The third kappa shape index (κ3) is 2.77. The van der Waals surface area contributed by atoms with Gasteiger partial charge in [-0.25, -0.2) is 8.78 Å². The number of halogens is 4. The van der Waals surface area contributed by atoms with Crippen LogP contribution in [-0.2, 0) is 0 Å². The number of anilines is 1. The first kappa shape index (κ1) is 14.0. The Hall–Kier alpha value is -1.46. The fourth-order valence-corrected chi connectivity index (χ4v) is 2.06. The lowest BCUT2D eigenvalue weighted by Crippen LogP contribution is -2.08. The van der Waals surface area contributed by atoms with Gasteiger partial charge in [0.15, 0.2) is 5.78 Å². The molecular weight excluding hydrogens is 340 g/mol. The van der Waals surface area contributed by atoms with Crippen molar-refractivity contribution in [3.05, 3.63) is 62.6 Å². The number of hydrogen-bond donors (Lipinski definition) is 1. The van der Waals surface area contributed by atoms with E-state index in [4.69, 9.17) is 17.3 Å². The van der Waals surface area contributed by atoms with Crippen LogP contribution in [0.25, 0.3) is 0 Å². The van der Waals surface area contributed by atoms with Crippen molar-refractivity contribution in [3.8, 4) is 0 Å². The second-order valence-electron chi connectivity index (χ2n) is 3.81. The number of ketones is 1. The zero-order valence-electron chi connectivity index (χ0n) is 9.38. The molecular formula is C13H7BrClF2NO. The van der Waals surface area contributed by atoms with E-state index < -0.39 is 17.4 Å². The average Bonchev–Trinajstić information content (AvgIpc) is 2.33. The Morgan fingerprint density at radius 2 is 1.84 bits per heavy atom. The van der Waals surface area contributed by atoms with Crippen LogP contribution < -0.4 is 5.73 Å². The first-order valence-corrected chi connectivity index (χ1v) is 6.31. The lowest BCUT2D eigenvalue weighted by Gasteiger charge is -2.07. The summed E-state index contributed by atoms with van der Waals surface area (Å²) in [5.74, 6) is -1.95. The molecule has 0 fully saturated rings. The summed E-state index contributed by atoms with van der Waals surface area (Å²) in [7, 11) is 0. The number of nitrogen functional groups attached to an aromatic ring is 1. The lowest BCUT2D eigenvalue weighted by molar-refractivity contribution is 0.103. The summed E-state index contributed by atoms with van der Waals surface area (Å²) in [5, 5.41) is 0.199. The summed E-state index contributed by atoms with van der Waals surface area (Å²) in [4.78, 5) is 12.1. The van der Waals surface area contributed by atoms with E-state index in [0.717, 1.165) is 18.2 Å². The highest BCUT2D eigenvalue weighted by Crippen LogP contribution is 2.28. The minimum Gasteiger partial charge on any atom is -0.398 e.